The van der Waals surface area contributed by atoms with E-state index in [1.165, 1.54) is 32.1 Å². The Bertz CT molecular complexity index is 404. The van der Waals surface area contributed by atoms with Crippen molar-refractivity contribution in [3.05, 3.63) is 18.2 Å². The van der Waals surface area contributed by atoms with Gasteiger partial charge in [-0.2, -0.15) is 0 Å². The van der Waals surface area contributed by atoms with Gasteiger partial charge in [0.25, 0.3) is 0 Å². The molecule has 114 valence electrons. The van der Waals surface area contributed by atoms with Crippen LogP contribution in [-0.4, -0.2) is 40.1 Å². The van der Waals surface area contributed by atoms with Gasteiger partial charge in [-0.15, -0.1) is 0 Å². The maximum Gasteiger partial charge on any atom is 0.105 e. The standard InChI is InChI=1S/C16H30N4/c1-4-15-5-7-16(13-17,8-6-15)19(3)11-12-20-10-9-18-14(20)2/h9-10,15H,4-8,11-13,17H2,1-3H3. The van der Waals surface area contributed by atoms with E-state index in [1.54, 1.807) is 0 Å². The van der Waals surface area contributed by atoms with Gasteiger partial charge in [0.1, 0.15) is 5.82 Å². The van der Waals surface area contributed by atoms with Gasteiger partial charge in [-0.25, -0.2) is 4.98 Å². The lowest BCUT2D eigenvalue weighted by molar-refractivity contribution is 0.0611. The minimum absolute atomic E-state index is 0.222. The molecule has 4 nitrogen and oxygen atoms in total. The quantitative estimate of drug-likeness (QED) is 0.869. The van der Waals surface area contributed by atoms with Crippen molar-refractivity contribution in [2.45, 2.75) is 58.0 Å². The van der Waals surface area contributed by atoms with Gasteiger partial charge in [-0.05, 0) is 45.6 Å². The van der Waals surface area contributed by atoms with Gasteiger partial charge in [0.2, 0.25) is 0 Å². The van der Waals surface area contributed by atoms with E-state index in [-0.39, 0.29) is 5.54 Å². The van der Waals surface area contributed by atoms with Crippen molar-refractivity contribution in [3.8, 4) is 0 Å². The molecule has 0 aliphatic heterocycles. The first-order valence-corrected chi connectivity index (χ1v) is 8.00. The number of rotatable bonds is 6. The maximum atomic E-state index is 6.14. The molecule has 1 saturated carbocycles. The van der Waals surface area contributed by atoms with Crippen molar-refractivity contribution in [2.24, 2.45) is 11.7 Å². The zero-order valence-corrected chi connectivity index (χ0v) is 13.3. The highest BCUT2D eigenvalue weighted by Crippen LogP contribution is 2.36. The lowest BCUT2D eigenvalue weighted by Gasteiger charge is -2.46. The van der Waals surface area contributed by atoms with Crippen molar-refractivity contribution in [1.82, 2.24) is 14.5 Å². The zero-order chi connectivity index (χ0) is 14.6. The third-order valence-electron chi connectivity index (χ3n) is 5.40. The minimum Gasteiger partial charge on any atom is -0.334 e. The number of hydrogen-bond donors (Lipinski definition) is 1. The normalized spacial score (nSPS) is 27.1. The summed E-state index contributed by atoms with van der Waals surface area (Å²) in [5.41, 5.74) is 6.37. The second-order valence-corrected chi connectivity index (χ2v) is 6.37. The van der Waals surface area contributed by atoms with Crippen LogP contribution < -0.4 is 5.73 Å². The fourth-order valence-corrected chi connectivity index (χ4v) is 3.50. The Balaban J connectivity index is 1.92. The molecule has 0 saturated heterocycles. The molecule has 0 bridgehead atoms. The number of likely N-dealkylation sites (N-methyl/N-ethyl adjacent to an activating group) is 1. The first-order valence-electron chi connectivity index (χ1n) is 8.00. The van der Waals surface area contributed by atoms with E-state index in [2.05, 4.69) is 41.5 Å². The largest absolute Gasteiger partial charge is 0.334 e. The van der Waals surface area contributed by atoms with Crippen molar-refractivity contribution in [1.29, 1.82) is 0 Å². The number of nitrogens with zero attached hydrogens (tertiary/aromatic N) is 3. The lowest BCUT2D eigenvalue weighted by Crippen LogP contribution is -2.54. The molecule has 0 unspecified atom stereocenters. The predicted molar refractivity (Wildman–Crippen MR) is 83.6 cm³/mol. The second kappa shape index (κ2) is 6.72. The van der Waals surface area contributed by atoms with Crippen molar-refractivity contribution >= 4 is 0 Å². The molecular weight excluding hydrogens is 248 g/mol. The van der Waals surface area contributed by atoms with Crippen LogP contribution in [0.2, 0.25) is 0 Å². The summed E-state index contributed by atoms with van der Waals surface area (Å²) < 4.78 is 2.22. The van der Waals surface area contributed by atoms with Gasteiger partial charge in [-0.1, -0.05) is 13.3 Å². The number of imidazole rings is 1. The summed E-state index contributed by atoms with van der Waals surface area (Å²) in [5, 5.41) is 0. The molecule has 1 fully saturated rings. The van der Waals surface area contributed by atoms with E-state index in [9.17, 15) is 0 Å². The molecule has 2 N–H and O–H groups in total. The van der Waals surface area contributed by atoms with Crippen LogP contribution >= 0.6 is 0 Å². The van der Waals surface area contributed by atoms with Crippen LogP contribution in [0, 0.1) is 12.8 Å². The van der Waals surface area contributed by atoms with Crippen LogP contribution in [0.25, 0.3) is 0 Å². The van der Waals surface area contributed by atoms with E-state index in [4.69, 9.17) is 5.73 Å². The van der Waals surface area contributed by atoms with Crippen LogP contribution in [0.15, 0.2) is 12.4 Å². The van der Waals surface area contributed by atoms with E-state index < -0.39 is 0 Å². The molecular formula is C16H30N4. The summed E-state index contributed by atoms with van der Waals surface area (Å²) in [5.74, 6) is 2.01. The fraction of sp³-hybridized carbons (Fsp3) is 0.812. The number of aryl methyl sites for hydroxylation is 1. The monoisotopic (exact) mass is 278 g/mol. The number of aromatic nitrogens is 2. The van der Waals surface area contributed by atoms with Gasteiger partial charge >= 0.3 is 0 Å². The molecule has 0 spiro atoms. The Morgan fingerprint density at radius 3 is 2.65 bits per heavy atom. The van der Waals surface area contributed by atoms with Crippen LogP contribution in [0.3, 0.4) is 0 Å². The second-order valence-electron chi connectivity index (χ2n) is 6.37. The van der Waals surface area contributed by atoms with Crippen LogP contribution in [0.4, 0.5) is 0 Å². The topological polar surface area (TPSA) is 47.1 Å². The molecule has 20 heavy (non-hydrogen) atoms. The third-order valence-corrected chi connectivity index (χ3v) is 5.40. The van der Waals surface area contributed by atoms with Crippen molar-refractivity contribution in [2.75, 3.05) is 20.1 Å². The molecule has 4 heteroatoms. The summed E-state index contributed by atoms with van der Waals surface area (Å²) >= 11 is 0. The number of hydrogen-bond acceptors (Lipinski definition) is 3. The molecule has 0 atom stereocenters. The summed E-state index contributed by atoms with van der Waals surface area (Å²) in [6, 6.07) is 0. The van der Waals surface area contributed by atoms with Gasteiger partial charge in [0, 0.05) is 37.6 Å². The average Bonchev–Trinajstić information content (AvgIpc) is 2.90. The van der Waals surface area contributed by atoms with Crippen LogP contribution in [-0.2, 0) is 6.54 Å². The van der Waals surface area contributed by atoms with Gasteiger partial charge in [0.05, 0.1) is 0 Å². The van der Waals surface area contributed by atoms with Crippen molar-refractivity contribution < 1.29 is 0 Å². The number of nitrogens with two attached hydrogens (primary N) is 1. The molecule has 1 aromatic heterocycles. The molecule has 1 aliphatic rings. The molecule has 0 aromatic carbocycles. The van der Waals surface area contributed by atoms with E-state index in [1.807, 2.05) is 6.20 Å². The SMILES string of the molecule is CCC1CCC(CN)(N(C)CCn2ccnc2C)CC1. The Morgan fingerprint density at radius 2 is 2.15 bits per heavy atom. The molecule has 1 aromatic rings. The van der Waals surface area contributed by atoms with Crippen LogP contribution in [0.1, 0.15) is 44.9 Å². The van der Waals surface area contributed by atoms with Gasteiger partial charge in [-0.3, -0.25) is 4.90 Å². The molecule has 0 radical (unpaired) electrons. The minimum atomic E-state index is 0.222. The first kappa shape index (κ1) is 15.5. The summed E-state index contributed by atoms with van der Waals surface area (Å²) in [6.45, 7) is 7.20. The smallest absolute Gasteiger partial charge is 0.105 e. The fourth-order valence-electron chi connectivity index (χ4n) is 3.50. The highest BCUT2D eigenvalue weighted by molar-refractivity contribution is 4.95. The maximum absolute atomic E-state index is 6.14. The summed E-state index contributed by atoms with van der Waals surface area (Å²) in [6.07, 6.45) is 10.4. The molecule has 1 heterocycles. The lowest BCUT2D eigenvalue weighted by atomic mass is 9.74. The van der Waals surface area contributed by atoms with Crippen LogP contribution in [0.5, 0.6) is 0 Å². The Kier molecular flexibility index (Phi) is 5.22. The van der Waals surface area contributed by atoms with E-state index in [0.717, 1.165) is 31.4 Å². The van der Waals surface area contributed by atoms with E-state index in [0.29, 0.717) is 0 Å². The van der Waals surface area contributed by atoms with Crippen molar-refractivity contribution in [3.63, 3.8) is 0 Å². The average molecular weight is 278 g/mol. The molecule has 1 aliphatic carbocycles. The Hall–Kier alpha value is -0.870. The van der Waals surface area contributed by atoms with Gasteiger partial charge in [0.15, 0.2) is 0 Å². The highest BCUT2D eigenvalue weighted by atomic mass is 15.2. The molecule has 2 rings (SSSR count). The zero-order valence-electron chi connectivity index (χ0n) is 13.3. The van der Waals surface area contributed by atoms with Gasteiger partial charge < -0.3 is 10.3 Å². The predicted octanol–water partition coefficient (Wildman–Crippen LogP) is 2.42. The van der Waals surface area contributed by atoms with E-state index >= 15 is 0 Å². The summed E-state index contributed by atoms with van der Waals surface area (Å²) in [7, 11) is 2.24. The summed E-state index contributed by atoms with van der Waals surface area (Å²) in [4.78, 5) is 6.78. The first-order chi connectivity index (χ1) is 9.61. The molecule has 0 amide bonds. The highest BCUT2D eigenvalue weighted by Gasteiger charge is 2.36. The Morgan fingerprint density at radius 1 is 1.45 bits per heavy atom. The Labute approximate surface area is 123 Å². The third kappa shape index (κ3) is 3.23.